The van der Waals surface area contributed by atoms with Gasteiger partial charge < -0.3 is 9.84 Å². The lowest BCUT2D eigenvalue weighted by molar-refractivity contribution is -0.142. The van der Waals surface area contributed by atoms with E-state index in [2.05, 4.69) is 26.8 Å². The molecule has 0 fully saturated rings. The van der Waals surface area contributed by atoms with Gasteiger partial charge in [0.2, 0.25) is 0 Å². The van der Waals surface area contributed by atoms with Crippen LogP contribution in [-0.2, 0) is 16.1 Å². The van der Waals surface area contributed by atoms with Crippen molar-refractivity contribution in [3.63, 3.8) is 0 Å². The summed E-state index contributed by atoms with van der Waals surface area (Å²) in [6.45, 7) is 8.20. The molecule has 0 aliphatic carbocycles. The second-order valence-electron chi connectivity index (χ2n) is 5.32. The van der Waals surface area contributed by atoms with Crippen LogP contribution in [0.2, 0.25) is 0 Å². The molecule has 0 amide bonds. The Morgan fingerprint density at radius 2 is 1.73 bits per heavy atom. The third-order valence-electron chi connectivity index (χ3n) is 2.82. The molecular formula is C19H28O3. The first-order valence-electron chi connectivity index (χ1n) is 7.52. The highest BCUT2D eigenvalue weighted by molar-refractivity contribution is 5.65. The molecule has 0 aromatic heterocycles. The minimum atomic E-state index is -0.242. The molecule has 1 N–H and O–H groups in total. The summed E-state index contributed by atoms with van der Waals surface area (Å²) in [6, 6.07) is 9.60. The molecule has 0 heterocycles. The van der Waals surface area contributed by atoms with Crippen LogP contribution in [0.25, 0.3) is 0 Å². The predicted molar refractivity (Wildman–Crippen MR) is 91.4 cm³/mol. The molecular weight excluding hydrogens is 276 g/mol. The van der Waals surface area contributed by atoms with E-state index in [0.29, 0.717) is 6.61 Å². The highest BCUT2D eigenvalue weighted by Gasteiger charge is 1.93. The number of benzene rings is 1. The lowest BCUT2D eigenvalue weighted by Crippen LogP contribution is -1.97. The van der Waals surface area contributed by atoms with Gasteiger partial charge in [-0.3, -0.25) is 4.79 Å². The first kappa shape index (κ1) is 20.1. The van der Waals surface area contributed by atoms with Gasteiger partial charge in [0.15, 0.2) is 0 Å². The van der Waals surface area contributed by atoms with Crippen LogP contribution in [0.1, 0.15) is 46.1 Å². The first-order valence-corrected chi connectivity index (χ1v) is 7.52. The van der Waals surface area contributed by atoms with Crippen molar-refractivity contribution in [1.29, 1.82) is 0 Å². The van der Waals surface area contributed by atoms with Gasteiger partial charge in [0, 0.05) is 6.92 Å². The summed E-state index contributed by atoms with van der Waals surface area (Å²) in [4.78, 5) is 10.4. The molecule has 3 nitrogen and oxygen atoms in total. The van der Waals surface area contributed by atoms with Crippen molar-refractivity contribution in [3.8, 4) is 0 Å². The van der Waals surface area contributed by atoms with Gasteiger partial charge in [-0.15, -0.1) is 0 Å². The van der Waals surface area contributed by atoms with E-state index in [1.807, 2.05) is 36.4 Å². The molecule has 0 unspecified atom stereocenters. The molecule has 1 aromatic rings. The number of hydrogen-bond donors (Lipinski definition) is 1. The second-order valence-corrected chi connectivity index (χ2v) is 5.32. The van der Waals surface area contributed by atoms with Crippen molar-refractivity contribution in [1.82, 2.24) is 0 Å². The van der Waals surface area contributed by atoms with Crippen LogP contribution >= 0.6 is 0 Å². The zero-order valence-electron chi connectivity index (χ0n) is 14.1. The van der Waals surface area contributed by atoms with Crippen LogP contribution in [0, 0.1) is 0 Å². The maximum absolute atomic E-state index is 10.4. The fraction of sp³-hybridized carbons (Fsp3) is 0.421. The molecule has 0 aliphatic rings. The van der Waals surface area contributed by atoms with Gasteiger partial charge in [0.25, 0.3) is 0 Å². The van der Waals surface area contributed by atoms with Gasteiger partial charge >= 0.3 is 5.97 Å². The largest absolute Gasteiger partial charge is 0.461 e. The number of hydrogen-bond acceptors (Lipinski definition) is 3. The minimum absolute atomic E-state index is 0.167. The Morgan fingerprint density at radius 3 is 2.23 bits per heavy atom. The zero-order chi connectivity index (χ0) is 16.8. The molecule has 3 heteroatoms. The van der Waals surface area contributed by atoms with Gasteiger partial charge in [0.1, 0.15) is 6.61 Å². The van der Waals surface area contributed by atoms with E-state index >= 15 is 0 Å². The van der Waals surface area contributed by atoms with Gasteiger partial charge in [-0.05, 0) is 39.2 Å². The van der Waals surface area contributed by atoms with Crippen LogP contribution in [-0.4, -0.2) is 17.7 Å². The number of esters is 1. The van der Waals surface area contributed by atoms with Crippen molar-refractivity contribution >= 4 is 5.97 Å². The molecule has 0 saturated carbocycles. The van der Waals surface area contributed by atoms with E-state index in [4.69, 9.17) is 9.84 Å². The van der Waals surface area contributed by atoms with E-state index in [0.717, 1.165) is 18.4 Å². The number of ether oxygens (including phenoxy) is 1. The molecule has 22 heavy (non-hydrogen) atoms. The Balaban J connectivity index is 0.000000401. The summed E-state index contributed by atoms with van der Waals surface area (Å²) in [5, 5.41) is 8.55. The van der Waals surface area contributed by atoms with Crippen LogP contribution in [0.3, 0.4) is 0 Å². The smallest absolute Gasteiger partial charge is 0.302 e. The summed E-state index contributed by atoms with van der Waals surface area (Å²) in [6.07, 6.45) is 6.23. The number of carbonyl (C=O) groups excluding carboxylic acids is 1. The van der Waals surface area contributed by atoms with Gasteiger partial charge in [0.05, 0.1) is 6.61 Å². The van der Waals surface area contributed by atoms with Crippen molar-refractivity contribution in [2.24, 2.45) is 0 Å². The van der Waals surface area contributed by atoms with Crippen LogP contribution in [0.4, 0.5) is 0 Å². The molecule has 1 rings (SSSR count). The third kappa shape index (κ3) is 13.1. The molecule has 0 bridgehead atoms. The standard InChI is InChI=1S/C10H18O.C9H10O2/c1-9(2)5-4-6-10(3)7-8-11;1-8(10)11-7-9-5-3-2-4-6-9/h5,7,11H,4,6,8H2,1-3H3;2-6H,7H2,1H3/b10-7+;. The summed E-state index contributed by atoms with van der Waals surface area (Å²) in [5.74, 6) is -0.242. The number of aliphatic hydroxyl groups excluding tert-OH is 1. The average Bonchev–Trinajstić information content (AvgIpc) is 2.47. The van der Waals surface area contributed by atoms with E-state index in [1.54, 1.807) is 0 Å². The van der Waals surface area contributed by atoms with Crippen molar-refractivity contribution in [3.05, 3.63) is 59.2 Å². The van der Waals surface area contributed by atoms with Gasteiger partial charge in [-0.2, -0.15) is 0 Å². The summed E-state index contributed by atoms with van der Waals surface area (Å²) >= 11 is 0. The van der Waals surface area contributed by atoms with E-state index in [-0.39, 0.29) is 12.6 Å². The van der Waals surface area contributed by atoms with Crippen LogP contribution < -0.4 is 0 Å². The minimum Gasteiger partial charge on any atom is -0.461 e. The van der Waals surface area contributed by atoms with Crippen molar-refractivity contribution < 1.29 is 14.6 Å². The SMILES string of the molecule is CC(=O)OCc1ccccc1.CC(C)=CCC/C(C)=C/CO. The Bertz CT molecular complexity index is 469. The van der Waals surface area contributed by atoms with Crippen molar-refractivity contribution in [2.45, 2.75) is 47.1 Å². The maximum atomic E-state index is 10.4. The van der Waals surface area contributed by atoms with E-state index in [9.17, 15) is 4.79 Å². The lowest BCUT2D eigenvalue weighted by atomic mass is 10.1. The van der Waals surface area contributed by atoms with E-state index < -0.39 is 0 Å². The first-order chi connectivity index (χ1) is 10.5. The highest BCUT2D eigenvalue weighted by atomic mass is 16.5. The number of carbonyl (C=O) groups is 1. The second kappa shape index (κ2) is 12.8. The number of allylic oxidation sites excluding steroid dienone is 3. The van der Waals surface area contributed by atoms with Crippen LogP contribution in [0.15, 0.2) is 53.6 Å². The van der Waals surface area contributed by atoms with Crippen LogP contribution in [0.5, 0.6) is 0 Å². The Hall–Kier alpha value is -1.87. The molecule has 0 aliphatic heterocycles. The monoisotopic (exact) mass is 304 g/mol. The maximum Gasteiger partial charge on any atom is 0.302 e. The predicted octanol–water partition coefficient (Wildman–Crippen LogP) is 4.42. The lowest BCUT2D eigenvalue weighted by Gasteiger charge is -1.99. The molecule has 0 spiro atoms. The Morgan fingerprint density at radius 1 is 1.09 bits per heavy atom. The highest BCUT2D eigenvalue weighted by Crippen LogP contribution is 2.05. The summed E-state index contributed by atoms with van der Waals surface area (Å²) in [5.41, 5.74) is 3.65. The number of rotatable bonds is 6. The fourth-order valence-corrected chi connectivity index (χ4v) is 1.61. The quantitative estimate of drug-likeness (QED) is 0.625. The Kier molecular flexibility index (Phi) is 11.7. The normalized spacial score (nSPS) is 10.3. The summed E-state index contributed by atoms with van der Waals surface area (Å²) < 4.78 is 4.79. The Labute approximate surface area is 134 Å². The molecule has 122 valence electrons. The number of aliphatic hydroxyl groups is 1. The van der Waals surface area contributed by atoms with Crippen molar-refractivity contribution in [2.75, 3.05) is 6.61 Å². The average molecular weight is 304 g/mol. The fourth-order valence-electron chi connectivity index (χ4n) is 1.61. The molecule has 0 atom stereocenters. The van der Waals surface area contributed by atoms with Gasteiger partial charge in [-0.25, -0.2) is 0 Å². The summed E-state index contributed by atoms with van der Waals surface area (Å²) in [7, 11) is 0. The van der Waals surface area contributed by atoms with E-state index in [1.165, 1.54) is 18.1 Å². The van der Waals surface area contributed by atoms with Gasteiger partial charge in [-0.1, -0.05) is 53.6 Å². The molecule has 1 aromatic carbocycles. The molecule has 0 saturated heterocycles. The third-order valence-corrected chi connectivity index (χ3v) is 2.82. The molecule has 0 radical (unpaired) electrons. The zero-order valence-corrected chi connectivity index (χ0v) is 14.1. The topological polar surface area (TPSA) is 46.5 Å².